The van der Waals surface area contributed by atoms with Crippen LogP contribution in [0.4, 0.5) is 0 Å². The summed E-state index contributed by atoms with van der Waals surface area (Å²) in [6, 6.07) is 15.8. The Labute approximate surface area is 147 Å². The minimum absolute atomic E-state index is 0.0684. The maximum absolute atomic E-state index is 11.9. The predicted octanol–water partition coefficient (Wildman–Crippen LogP) is 2.73. The first-order valence-electron chi connectivity index (χ1n) is 8.23. The molecule has 3 N–H and O–H groups in total. The van der Waals surface area contributed by atoms with Gasteiger partial charge in [0.05, 0.1) is 0 Å². The van der Waals surface area contributed by atoms with Crippen molar-refractivity contribution in [2.24, 2.45) is 0 Å². The number of nitrogens with one attached hydrogen (secondary N) is 2. The first-order chi connectivity index (χ1) is 12.1. The Balaban J connectivity index is 1.58. The standard InChI is InChI=1S/C20H22N2O3/c23-18-10-6-9-17(15-18)20(25)22-14-5-4-13-21-19(24)12-11-16-7-2-1-3-8-16/h1-3,6-12,15,23H,4-5,13-14H2,(H,21,24)(H,22,25). The number of phenols is 1. The highest BCUT2D eigenvalue weighted by Gasteiger charge is 2.04. The third-order valence-corrected chi connectivity index (χ3v) is 3.52. The molecule has 0 radical (unpaired) electrons. The van der Waals surface area contributed by atoms with Crippen molar-refractivity contribution in [1.29, 1.82) is 0 Å². The number of benzene rings is 2. The van der Waals surface area contributed by atoms with Crippen LogP contribution < -0.4 is 10.6 Å². The molecule has 2 amide bonds. The highest BCUT2D eigenvalue weighted by molar-refractivity contribution is 5.94. The van der Waals surface area contributed by atoms with Crippen molar-refractivity contribution < 1.29 is 14.7 Å². The molecule has 0 saturated heterocycles. The minimum Gasteiger partial charge on any atom is -0.508 e. The van der Waals surface area contributed by atoms with Gasteiger partial charge >= 0.3 is 0 Å². The number of amides is 2. The van der Waals surface area contributed by atoms with E-state index in [4.69, 9.17) is 0 Å². The highest BCUT2D eigenvalue weighted by atomic mass is 16.3. The van der Waals surface area contributed by atoms with Crippen molar-refractivity contribution in [3.63, 3.8) is 0 Å². The van der Waals surface area contributed by atoms with E-state index in [0.717, 1.165) is 18.4 Å². The molecule has 2 rings (SSSR count). The number of aromatic hydroxyl groups is 1. The summed E-state index contributed by atoms with van der Waals surface area (Å²) in [5, 5.41) is 14.9. The number of hydrogen-bond donors (Lipinski definition) is 3. The fourth-order valence-electron chi connectivity index (χ4n) is 2.21. The molecule has 0 heterocycles. The topological polar surface area (TPSA) is 78.4 Å². The lowest BCUT2D eigenvalue weighted by Gasteiger charge is -2.06. The van der Waals surface area contributed by atoms with Gasteiger partial charge in [-0.05, 0) is 42.7 Å². The van der Waals surface area contributed by atoms with Gasteiger partial charge in [-0.15, -0.1) is 0 Å². The quantitative estimate of drug-likeness (QED) is 0.511. The van der Waals surface area contributed by atoms with Crippen molar-refractivity contribution >= 4 is 17.9 Å². The molecule has 0 unspecified atom stereocenters. The molecule has 0 atom stereocenters. The van der Waals surface area contributed by atoms with Gasteiger partial charge in [-0.1, -0.05) is 36.4 Å². The van der Waals surface area contributed by atoms with E-state index in [1.807, 2.05) is 30.3 Å². The van der Waals surface area contributed by atoms with Crippen molar-refractivity contribution in [3.05, 3.63) is 71.8 Å². The molecule has 0 fully saturated rings. The molecular weight excluding hydrogens is 316 g/mol. The van der Waals surface area contributed by atoms with Crippen LogP contribution in [0.1, 0.15) is 28.8 Å². The lowest BCUT2D eigenvalue weighted by atomic mass is 10.2. The van der Waals surface area contributed by atoms with Crippen LogP contribution in [0.25, 0.3) is 6.08 Å². The SMILES string of the molecule is O=C(C=Cc1ccccc1)NCCCCNC(=O)c1cccc(O)c1. The van der Waals surface area contributed by atoms with Gasteiger partial charge in [-0.25, -0.2) is 0 Å². The Morgan fingerprint density at radius 2 is 1.64 bits per heavy atom. The van der Waals surface area contributed by atoms with E-state index in [9.17, 15) is 14.7 Å². The first-order valence-corrected chi connectivity index (χ1v) is 8.23. The third-order valence-electron chi connectivity index (χ3n) is 3.52. The van der Waals surface area contributed by atoms with Crippen LogP contribution in [0, 0.1) is 0 Å². The van der Waals surface area contributed by atoms with Crippen molar-refractivity contribution in [2.75, 3.05) is 13.1 Å². The molecule has 2 aromatic rings. The average molecular weight is 338 g/mol. The Morgan fingerprint density at radius 1 is 0.920 bits per heavy atom. The zero-order chi connectivity index (χ0) is 17.9. The van der Waals surface area contributed by atoms with Gasteiger partial charge in [0.25, 0.3) is 5.91 Å². The molecule has 5 nitrogen and oxygen atoms in total. The van der Waals surface area contributed by atoms with Gasteiger partial charge in [-0.3, -0.25) is 9.59 Å². The van der Waals surface area contributed by atoms with Crippen molar-refractivity contribution in [1.82, 2.24) is 10.6 Å². The number of carbonyl (C=O) groups is 2. The number of phenolic OH excluding ortho intramolecular Hbond substituents is 1. The fourth-order valence-corrected chi connectivity index (χ4v) is 2.21. The summed E-state index contributed by atoms with van der Waals surface area (Å²) in [6.45, 7) is 1.07. The van der Waals surface area contributed by atoms with Gasteiger partial charge in [-0.2, -0.15) is 0 Å². The second kappa shape index (κ2) is 9.93. The summed E-state index contributed by atoms with van der Waals surface area (Å²) in [5.41, 5.74) is 1.41. The first kappa shape index (κ1) is 18.3. The van der Waals surface area contributed by atoms with E-state index in [1.54, 1.807) is 18.2 Å². The number of rotatable bonds is 8. The fraction of sp³-hybridized carbons (Fsp3) is 0.200. The second-order valence-electron chi connectivity index (χ2n) is 5.55. The van der Waals surface area contributed by atoms with Gasteiger partial charge in [0, 0.05) is 24.7 Å². The molecule has 0 aromatic heterocycles. The molecule has 0 saturated carbocycles. The summed E-state index contributed by atoms with van der Waals surface area (Å²) in [4.78, 5) is 23.5. The van der Waals surface area contributed by atoms with Crippen LogP contribution in [0.3, 0.4) is 0 Å². The van der Waals surface area contributed by atoms with Crippen LogP contribution in [0.5, 0.6) is 5.75 Å². The summed E-state index contributed by atoms with van der Waals surface area (Å²) in [7, 11) is 0. The molecule has 2 aromatic carbocycles. The molecule has 0 bridgehead atoms. The Bertz CT molecular complexity index is 727. The maximum atomic E-state index is 11.9. The largest absolute Gasteiger partial charge is 0.508 e. The summed E-state index contributed by atoms with van der Waals surface area (Å²) >= 11 is 0. The van der Waals surface area contributed by atoms with E-state index < -0.39 is 0 Å². The van der Waals surface area contributed by atoms with E-state index in [1.165, 1.54) is 18.2 Å². The Hall–Kier alpha value is -3.08. The predicted molar refractivity (Wildman–Crippen MR) is 98.2 cm³/mol. The minimum atomic E-state index is -0.217. The van der Waals surface area contributed by atoms with Gasteiger partial charge in [0.1, 0.15) is 5.75 Å². The summed E-state index contributed by atoms with van der Waals surface area (Å²) < 4.78 is 0. The molecule has 0 aliphatic rings. The lowest BCUT2D eigenvalue weighted by molar-refractivity contribution is -0.116. The smallest absolute Gasteiger partial charge is 0.251 e. The van der Waals surface area contributed by atoms with E-state index >= 15 is 0 Å². The third kappa shape index (κ3) is 6.91. The summed E-state index contributed by atoms with van der Waals surface area (Å²) in [5.74, 6) is -0.280. The van der Waals surface area contributed by atoms with Crippen molar-refractivity contribution in [3.8, 4) is 5.75 Å². The average Bonchev–Trinajstić information content (AvgIpc) is 2.63. The normalized spacial score (nSPS) is 10.6. The van der Waals surface area contributed by atoms with Crippen LogP contribution in [0.2, 0.25) is 0 Å². The molecule has 5 heteroatoms. The highest BCUT2D eigenvalue weighted by Crippen LogP contribution is 2.10. The van der Waals surface area contributed by atoms with Crippen molar-refractivity contribution in [2.45, 2.75) is 12.8 Å². The molecule has 130 valence electrons. The zero-order valence-electron chi connectivity index (χ0n) is 13.9. The Morgan fingerprint density at radius 3 is 2.36 bits per heavy atom. The summed E-state index contributed by atoms with van der Waals surface area (Å²) in [6.07, 6.45) is 4.81. The van der Waals surface area contributed by atoms with Crippen LogP contribution >= 0.6 is 0 Å². The zero-order valence-corrected chi connectivity index (χ0v) is 13.9. The second-order valence-corrected chi connectivity index (χ2v) is 5.55. The molecule has 0 aliphatic heterocycles. The van der Waals surface area contributed by atoms with Gasteiger partial charge in [0.2, 0.25) is 5.91 Å². The molecule has 0 spiro atoms. The molecule has 0 aliphatic carbocycles. The van der Waals surface area contributed by atoms with Crippen LogP contribution in [0.15, 0.2) is 60.7 Å². The van der Waals surface area contributed by atoms with Crippen LogP contribution in [-0.2, 0) is 4.79 Å². The maximum Gasteiger partial charge on any atom is 0.251 e. The van der Waals surface area contributed by atoms with Crippen LogP contribution in [-0.4, -0.2) is 30.0 Å². The monoisotopic (exact) mass is 338 g/mol. The van der Waals surface area contributed by atoms with E-state index in [2.05, 4.69) is 10.6 Å². The number of hydrogen-bond acceptors (Lipinski definition) is 3. The van der Waals surface area contributed by atoms with Gasteiger partial charge < -0.3 is 15.7 Å². The molecular formula is C20H22N2O3. The van der Waals surface area contributed by atoms with Gasteiger partial charge in [0.15, 0.2) is 0 Å². The Kier molecular flexibility index (Phi) is 7.25. The number of unbranched alkanes of at least 4 members (excludes halogenated alkanes) is 1. The molecule has 25 heavy (non-hydrogen) atoms. The lowest BCUT2D eigenvalue weighted by Crippen LogP contribution is -2.26. The number of carbonyl (C=O) groups excluding carboxylic acids is 2. The van der Waals surface area contributed by atoms with E-state index in [0.29, 0.717) is 18.7 Å². The van der Waals surface area contributed by atoms with E-state index in [-0.39, 0.29) is 17.6 Å².